The minimum Gasteiger partial charge on any atom is -0.469 e. The standard InChI is InChI=1S/C16H21NO3/c1-11-9-12(4-5-14(11)18)16(19)17-7-2-3-15-13(10-17)6-8-20-15/h6,8,11-12H,2-5,7,9-10H2,1H3. The molecule has 2 aliphatic rings. The van der Waals surface area contributed by atoms with Crippen molar-refractivity contribution >= 4 is 11.7 Å². The van der Waals surface area contributed by atoms with Gasteiger partial charge in [-0.1, -0.05) is 6.92 Å². The maximum atomic E-state index is 12.7. The average Bonchev–Trinajstić information content (AvgIpc) is 2.78. The lowest BCUT2D eigenvalue weighted by Gasteiger charge is -2.30. The molecule has 0 saturated heterocycles. The van der Waals surface area contributed by atoms with Crippen LogP contribution in [0, 0.1) is 11.8 Å². The van der Waals surface area contributed by atoms with E-state index in [1.54, 1.807) is 6.26 Å². The van der Waals surface area contributed by atoms with Gasteiger partial charge in [-0.15, -0.1) is 0 Å². The van der Waals surface area contributed by atoms with Crippen LogP contribution < -0.4 is 0 Å². The maximum Gasteiger partial charge on any atom is 0.226 e. The lowest BCUT2D eigenvalue weighted by molar-refractivity contribution is -0.139. The second-order valence-corrected chi connectivity index (χ2v) is 6.07. The first kappa shape index (κ1) is 13.4. The molecule has 1 aromatic heterocycles. The summed E-state index contributed by atoms with van der Waals surface area (Å²) < 4.78 is 5.46. The predicted molar refractivity (Wildman–Crippen MR) is 74.0 cm³/mol. The van der Waals surface area contributed by atoms with Crippen LogP contribution in [0.2, 0.25) is 0 Å². The lowest BCUT2D eigenvalue weighted by Crippen LogP contribution is -2.39. The molecule has 20 heavy (non-hydrogen) atoms. The minimum absolute atomic E-state index is 0.0242. The van der Waals surface area contributed by atoms with Gasteiger partial charge in [-0.3, -0.25) is 9.59 Å². The molecule has 108 valence electrons. The Morgan fingerprint density at radius 3 is 3.05 bits per heavy atom. The van der Waals surface area contributed by atoms with Gasteiger partial charge in [0.05, 0.1) is 6.26 Å². The van der Waals surface area contributed by atoms with Crippen LogP contribution in [0.3, 0.4) is 0 Å². The molecule has 1 fully saturated rings. The van der Waals surface area contributed by atoms with E-state index < -0.39 is 0 Å². The highest BCUT2D eigenvalue weighted by Gasteiger charge is 2.33. The summed E-state index contributed by atoms with van der Waals surface area (Å²) in [6.45, 7) is 3.39. The third-order valence-electron chi connectivity index (χ3n) is 4.62. The van der Waals surface area contributed by atoms with E-state index >= 15 is 0 Å². The van der Waals surface area contributed by atoms with E-state index in [2.05, 4.69) is 0 Å². The van der Waals surface area contributed by atoms with Gasteiger partial charge in [-0.05, 0) is 25.3 Å². The Labute approximate surface area is 119 Å². The first-order chi connectivity index (χ1) is 9.65. The molecule has 1 aliphatic carbocycles. The molecule has 2 unspecified atom stereocenters. The summed E-state index contributed by atoms with van der Waals surface area (Å²) in [7, 11) is 0. The van der Waals surface area contributed by atoms with Crippen molar-refractivity contribution in [3.63, 3.8) is 0 Å². The fourth-order valence-corrected chi connectivity index (χ4v) is 3.35. The SMILES string of the molecule is CC1CC(C(=O)N2CCCc3occc3C2)CCC1=O. The molecule has 0 N–H and O–H groups in total. The monoisotopic (exact) mass is 275 g/mol. The van der Waals surface area contributed by atoms with E-state index in [0.717, 1.165) is 37.1 Å². The highest BCUT2D eigenvalue weighted by molar-refractivity contribution is 5.86. The number of hydrogen-bond donors (Lipinski definition) is 0. The second-order valence-electron chi connectivity index (χ2n) is 6.07. The zero-order valence-electron chi connectivity index (χ0n) is 11.9. The van der Waals surface area contributed by atoms with Crippen LogP contribution in [0.15, 0.2) is 16.7 Å². The summed E-state index contributed by atoms with van der Waals surface area (Å²) >= 11 is 0. The molecule has 4 heteroatoms. The number of Topliss-reactive ketones (excluding diaryl/α,β-unsaturated/α-hetero) is 1. The third kappa shape index (κ3) is 2.51. The van der Waals surface area contributed by atoms with Gasteiger partial charge in [-0.2, -0.15) is 0 Å². The highest BCUT2D eigenvalue weighted by atomic mass is 16.3. The van der Waals surface area contributed by atoms with Crippen molar-refractivity contribution in [3.8, 4) is 0 Å². The molecule has 2 heterocycles. The zero-order chi connectivity index (χ0) is 14.1. The Bertz CT molecular complexity index is 520. The molecule has 3 rings (SSSR count). The molecule has 0 bridgehead atoms. The van der Waals surface area contributed by atoms with Crippen molar-refractivity contribution in [1.82, 2.24) is 4.90 Å². The second kappa shape index (κ2) is 5.43. The van der Waals surface area contributed by atoms with Gasteiger partial charge in [-0.25, -0.2) is 0 Å². The summed E-state index contributed by atoms with van der Waals surface area (Å²) in [5, 5.41) is 0. The van der Waals surface area contributed by atoms with Gasteiger partial charge < -0.3 is 9.32 Å². The smallest absolute Gasteiger partial charge is 0.226 e. The van der Waals surface area contributed by atoms with Crippen LogP contribution in [-0.2, 0) is 22.6 Å². The molecule has 0 radical (unpaired) electrons. The van der Waals surface area contributed by atoms with Crippen molar-refractivity contribution in [2.75, 3.05) is 6.54 Å². The molecule has 0 aromatic carbocycles. The van der Waals surface area contributed by atoms with Crippen LogP contribution in [0.25, 0.3) is 0 Å². The van der Waals surface area contributed by atoms with E-state index in [1.165, 1.54) is 0 Å². The molecular weight excluding hydrogens is 254 g/mol. The molecule has 1 amide bonds. The molecule has 1 saturated carbocycles. The quantitative estimate of drug-likeness (QED) is 0.791. The van der Waals surface area contributed by atoms with E-state index in [4.69, 9.17) is 4.42 Å². The van der Waals surface area contributed by atoms with E-state index in [9.17, 15) is 9.59 Å². The largest absolute Gasteiger partial charge is 0.469 e. The molecule has 1 aromatic rings. The number of hydrogen-bond acceptors (Lipinski definition) is 3. The van der Waals surface area contributed by atoms with Crippen molar-refractivity contribution in [3.05, 3.63) is 23.7 Å². The summed E-state index contributed by atoms with van der Waals surface area (Å²) in [6, 6.07) is 1.97. The Hall–Kier alpha value is -1.58. The number of furan rings is 1. The van der Waals surface area contributed by atoms with Crippen molar-refractivity contribution in [1.29, 1.82) is 0 Å². The van der Waals surface area contributed by atoms with Crippen LogP contribution in [-0.4, -0.2) is 23.1 Å². The number of ketones is 1. The number of carbonyl (C=O) groups is 2. The highest BCUT2D eigenvalue weighted by Crippen LogP contribution is 2.29. The Balaban J connectivity index is 1.70. The minimum atomic E-state index is 0.0242. The summed E-state index contributed by atoms with van der Waals surface area (Å²) in [4.78, 5) is 26.2. The molecule has 1 aliphatic heterocycles. The number of aryl methyl sites for hydroxylation is 1. The summed E-state index contributed by atoms with van der Waals surface area (Å²) in [5.41, 5.74) is 1.13. The van der Waals surface area contributed by atoms with Gasteiger partial charge in [0.15, 0.2) is 0 Å². The number of nitrogens with zero attached hydrogens (tertiary/aromatic N) is 1. The first-order valence-electron chi connectivity index (χ1n) is 7.52. The lowest BCUT2D eigenvalue weighted by atomic mass is 9.81. The van der Waals surface area contributed by atoms with Gasteiger partial charge in [0.2, 0.25) is 5.91 Å². The normalized spacial score (nSPS) is 27.1. The van der Waals surface area contributed by atoms with Gasteiger partial charge in [0.1, 0.15) is 11.5 Å². The van der Waals surface area contributed by atoms with E-state index in [-0.39, 0.29) is 17.7 Å². The van der Waals surface area contributed by atoms with Gasteiger partial charge in [0, 0.05) is 43.3 Å². The van der Waals surface area contributed by atoms with Gasteiger partial charge >= 0.3 is 0 Å². The topological polar surface area (TPSA) is 50.5 Å². The van der Waals surface area contributed by atoms with Gasteiger partial charge in [0.25, 0.3) is 0 Å². The van der Waals surface area contributed by atoms with Crippen molar-refractivity contribution < 1.29 is 14.0 Å². The van der Waals surface area contributed by atoms with Crippen molar-refractivity contribution in [2.45, 2.75) is 45.6 Å². The molecule has 4 nitrogen and oxygen atoms in total. The Kier molecular flexibility index (Phi) is 3.64. The van der Waals surface area contributed by atoms with Crippen LogP contribution >= 0.6 is 0 Å². The maximum absolute atomic E-state index is 12.7. The average molecular weight is 275 g/mol. The fraction of sp³-hybridized carbons (Fsp3) is 0.625. The zero-order valence-corrected chi connectivity index (χ0v) is 11.9. The molecular formula is C16H21NO3. The molecule has 0 spiro atoms. The molecule has 2 atom stereocenters. The van der Waals surface area contributed by atoms with Crippen LogP contribution in [0.5, 0.6) is 0 Å². The first-order valence-corrected chi connectivity index (χ1v) is 7.52. The van der Waals surface area contributed by atoms with Crippen molar-refractivity contribution in [2.24, 2.45) is 11.8 Å². The Morgan fingerprint density at radius 1 is 1.40 bits per heavy atom. The number of amides is 1. The summed E-state index contributed by atoms with van der Waals surface area (Å²) in [5.74, 6) is 1.61. The van der Waals surface area contributed by atoms with E-state index in [1.807, 2.05) is 17.9 Å². The van der Waals surface area contributed by atoms with Crippen LogP contribution in [0.1, 0.15) is 43.9 Å². The number of carbonyl (C=O) groups excluding carboxylic acids is 2. The third-order valence-corrected chi connectivity index (χ3v) is 4.62. The van der Waals surface area contributed by atoms with Crippen LogP contribution in [0.4, 0.5) is 0 Å². The van der Waals surface area contributed by atoms with E-state index in [0.29, 0.717) is 25.2 Å². The number of fused-ring (bicyclic) bond motifs is 1. The predicted octanol–water partition coefficient (Wildman–Crippen LogP) is 2.56. The number of rotatable bonds is 1. The fourth-order valence-electron chi connectivity index (χ4n) is 3.35. The summed E-state index contributed by atoms with van der Waals surface area (Å²) in [6.07, 6.45) is 5.56. The Morgan fingerprint density at radius 2 is 2.25 bits per heavy atom.